The number of carbonyl (C=O) groups is 1. The number of carbonyl (C=O) groups excluding carboxylic acids is 1. The predicted octanol–water partition coefficient (Wildman–Crippen LogP) is 3.41. The van der Waals surface area contributed by atoms with Crippen LogP contribution in [0.5, 0.6) is 0 Å². The van der Waals surface area contributed by atoms with Crippen molar-refractivity contribution in [3.63, 3.8) is 0 Å². The second-order valence-corrected chi connectivity index (χ2v) is 6.81. The number of hydrogen-bond acceptors (Lipinski definition) is 5. The quantitative estimate of drug-likeness (QED) is 0.369. The van der Waals surface area contributed by atoms with Gasteiger partial charge in [-0.15, -0.1) is 0 Å². The van der Waals surface area contributed by atoms with Gasteiger partial charge in [-0.3, -0.25) is 10.2 Å². The van der Waals surface area contributed by atoms with Gasteiger partial charge < -0.3 is 4.74 Å². The molecule has 0 radical (unpaired) electrons. The molecule has 1 heterocycles. The van der Waals surface area contributed by atoms with Gasteiger partial charge in [0, 0.05) is 12.1 Å². The molecule has 1 aliphatic heterocycles. The molecule has 0 saturated heterocycles. The Kier molecular flexibility index (Phi) is 5.16. The van der Waals surface area contributed by atoms with E-state index in [1.165, 1.54) is 11.8 Å². The first-order valence-electron chi connectivity index (χ1n) is 7.26. The van der Waals surface area contributed by atoms with Crippen LogP contribution in [0.15, 0.2) is 23.2 Å². The number of aliphatic imine (C=N–C) groups is 1. The van der Waals surface area contributed by atoms with Gasteiger partial charge >= 0.3 is 6.09 Å². The molecule has 7 heteroatoms. The Bertz CT molecular complexity index is 674. The number of benzene rings is 1. The van der Waals surface area contributed by atoms with Crippen LogP contribution in [0.1, 0.15) is 26.3 Å². The second kappa shape index (κ2) is 6.92. The van der Waals surface area contributed by atoms with Crippen molar-refractivity contribution in [2.75, 3.05) is 17.7 Å². The van der Waals surface area contributed by atoms with Gasteiger partial charge in [-0.2, -0.15) is 5.26 Å². The third-order valence-corrected chi connectivity index (χ3v) is 3.77. The minimum absolute atomic E-state index is 0.349. The van der Waals surface area contributed by atoms with Crippen molar-refractivity contribution >= 4 is 34.4 Å². The minimum atomic E-state index is -0.529. The molecule has 1 aromatic rings. The van der Waals surface area contributed by atoms with Gasteiger partial charge in [0.05, 0.1) is 11.4 Å². The molecular weight excluding hydrogens is 312 g/mol. The number of nitrogens with zero attached hydrogens (tertiary/aromatic N) is 3. The molecule has 6 nitrogen and oxygen atoms in total. The topological polar surface area (TPSA) is 77.7 Å². The molecule has 23 heavy (non-hydrogen) atoms. The van der Waals surface area contributed by atoms with E-state index < -0.39 is 5.60 Å². The van der Waals surface area contributed by atoms with E-state index in [1.807, 2.05) is 51.4 Å². The van der Waals surface area contributed by atoms with E-state index in [4.69, 9.17) is 10.00 Å². The van der Waals surface area contributed by atoms with E-state index in [-0.39, 0.29) is 6.09 Å². The SMILES string of the molecule is CSC(=Nc1cccc2c1CCN2C(=O)OC(C)(C)C)NC#N. The fourth-order valence-electron chi connectivity index (χ4n) is 2.31. The smallest absolute Gasteiger partial charge is 0.414 e. The molecule has 0 spiro atoms. The molecule has 0 aromatic heterocycles. The number of fused-ring (bicyclic) bond motifs is 1. The van der Waals surface area contributed by atoms with Gasteiger partial charge in [0.1, 0.15) is 5.60 Å². The number of amides is 1. The summed E-state index contributed by atoms with van der Waals surface area (Å²) in [6, 6.07) is 5.62. The molecule has 0 unspecified atom stereocenters. The second-order valence-electron chi connectivity index (χ2n) is 6.01. The zero-order chi connectivity index (χ0) is 17.0. The molecule has 0 fully saturated rings. The van der Waals surface area contributed by atoms with E-state index >= 15 is 0 Å². The summed E-state index contributed by atoms with van der Waals surface area (Å²) >= 11 is 1.36. The molecule has 1 aromatic carbocycles. The number of nitrogens with one attached hydrogen (secondary N) is 1. The fraction of sp³-hybridized carbons (Fsp3) is 0.438. The zero-order valence-electron chi connectivity index (χ0n) is 13.7. The summed E-state index contributed by atoms with van der Waals surface area (Å²) in [6.45, 7) is 6.11. The van der Waals surface area contributed by atoms with Crippen molar-refractivity contribution in [3.8, 4) is 6.19 Å². The Morgan fingerprint density at radius 3 is 2.83 bits per heavy atom. The van der Waals surface area contributed by atoms with Crippen LogP contribution in [-0.2, 0) is 11.2 Å². The first-order chi connectivity index (χ1) is 10.9. The third kappa shape index (κ3) is 4.17. The highest BCUT2D eigenvalue weighted by Gasteiger charge is 2.30. The van der Waals surface area contributed by atoms with Gasteiger partial charge in [-0.25, -0.2) is 9.79 Å². The van der Waals surface area contributed by atoms with E-state index in [9.17, 15) is 4.79 Å². The van der Waals surface area contributed by atoms with Gasteiger partial charge in [-0.1, -0.05) is 17.8 Å². The van der Waals surface area contributed by atoms with Crippen LogP contribution in [0.2, 0.25) is 0 Å². The molecule has 0 aliphatic carbocycles. The maximum absolute atomic E-state index is 12.3. The van der Waals surface area contributed by atoms with E-state index in [2.05, 4.69) is 10.3 Å². The zero-order valence-corrected chi connectivity index (χ0v) is 14.5. The van der Waals surface area contributed by atoms with Crippen LogP contribution >= 0.6 is 11.8 Å². The Balaban J connectivity index is 2.31. The van der Waals surface area contributed by atoms with Crippen LogP contribution in [0.4, 0.5) is 16.2 Å². The Labute approximate surface area is 140 Å². The number of hydrogen-bond donors (Lipinski definition) is 1. The van der Waals surface area contributed by atoms with Crippen LogP contribution in [-0.4, -0.2) is 29.7 Å². The van der Waals surface area contributed by atoms with Gasteiger partial charge in [0.15, 0.2) is 11.4 Å². The average molecular weight is 332 g/mol. The molecule has 0 atom stereocenters. The molecule has 2 rings (SSSR count). The Morgan fingerprint density at radius 1 is 1.48 bits per heavy atom. The summed E-state index contributed by atoms with van der Waals surface area (Å²) in [5.41, 5.74) is 2.04. The highest BCUT2D eigenvalue weighted by molar-refractivity contribution is 8.13. The van der Waals surface area contributed by atoms with Crippen LogP contribution < -0.4 is 10.2 Å². The fourth-order valence-corrected chi connectivity index (χ4v) is 2.65. The number of anilines is 1. The first kappa shape index (κ1) is 17.2. The maximum Gasteiger partial charge on any atom is 0.414 e. The first-order valence-corrected chi connectivity index (χ1v) is 8.48. The molecule has 1 aliphatic rings. The summed E-state index contributed by atoms with van der Waals surface area (Å²) in [5.74, 6) is 0. The summed E-state index contributed by atoms with van der Waals surface area (Å²) in [6.07, 6.45) is 4.08. The van der Waals surface area contributed by atoms with Crippen molar-refractivity contribution in [1.29, 1.82) is 5.26 Å². The highest BCUT2D eigenvalue weighted by Crippen LogP contribution is 2.36. The van der Waals surface area contributed by atoms with E-state index in [1.54, 1.807) is 4.90 Å². The number of rotatable bonds is 1. The minimum Gasteiger partial charge on any atom is -0.443 e. The molecule has 0 saturated carbocycles. The van der Waals surface area contributed by atoms with E-state index in [0.717, 1.165) is 16.9 Å². The standard InChI is InChI=1S/C16H20N4O2S/c1-16(2,3)22-15(21)20-9-8-11-12(6-5-7-13(11)20)19-14(23-4)18-10-17/h5-7H,8-9H2,1-4H3,(H,18,19). The largest absolute Gasteiger partial charge is 0.443 e. The average Bonchev–Trinajstić information content (AvgIpc) is 2.90. The van der Waals surface area contributed by atoms with Crippen LogP contribution in [0, 0.1) is 11.5 Å². The van der Waals surface area contributed by atoms with Crippen molar-refractivity contribution in [3.05, 3.63) is 23.8 Å². The number of amidine groups is 1. The summed E-state index contributed by atoms with van der Waals surface area (Å²) in [4.78, 5) is 18.4. The third-order valence-electron chi connectivity index (χ3n) is 3.19. The van der Waals surface area contributed by atoms with Crippen LogP contribution in [0.25, 0.3) is 0 Å². The lowest BCUT2D eigenvalue weighted by atomic mass is 10.1. The van der Waals surface area contributed by atoms with Gasteiger partial charge in [-0.05, 0) is 45.6 Å². The maximum atomic E-state index is 12.3. The Morgan fingerprint density at radius 2 is 2.22 bits per heavy atom. The lowest BCUT2D eigenvalue weighted by molar-refractivity contribution is 0.0584. The summed E-state index contributed by atoms with van der Waals surface area (Å²) < 4.78 is 5.45. The van der Waals surface area contributed by atoms with Crippen molar-refractivity contribution < 1.29 is 9.53 Å². The van der Waals surface area contributed by atoms with Crippen molar-refractivity contribution in [1.82, 2.24) is 5.32 Å². The van der Waals surface area contributed by atoms with Crippen molar-refractivity contribution in [2.24, 2.45) is 4.99 Å². The molecule has 122 valence electrons. The van der Waals surface area contributed by atoms with Gasteiger partial charge in [0.2, 0.25) is 0 Å². The molecule has 0 bridgehead atoms. The normalized spacial score (nSPS) is 14.2. The van der Waals surface area contributed by atoms with Gasteiger partial charge in [0.25, 0.3) is 0 Å². The number of ether oxygens (including phenoxy) is 1. The van der Waals surface area contributed by atoms with E-state index in [0.29, 0.717) is 18.1 Å². The highest BCUT2D eigenvalue weighted by atomic mass is 32.2. The lowest BCUT2D eigenvalue weighted by Gasteiger charge is -2.24. The summed E-state index contributed by atoms with van der Waals surface area (Å²) in [7, 11) is 0. The molecular formula is C16H20N4O2S. The predicted molar refractivity (Wildman–Crippen MR) is 93.1 cm³/mol. The number of thioether (sulfide) groups is 1. The molecule has 1 amide bonds. The van der Waals surface area contributed by atoms with Crippen LogP contribution in [0.3, 0.4) is 0 Å². The number of nitriles is 1. The monoisotopic (exact) mass is 332 g/mol. The lowest BCUT2D eigenvalue weighted by Crippen LogP contribution is -2.35. The van der Waals surface area contributed by atoms with Crippen molar-refractivity contribution in [2.45, 2.75) is 32.8 Å². The molecule has 1 N–H and O–H groups in total. The Hall–Kier alpha value is -2.20. The summed E-state index contributed by atoms with van der Waals surface area (Å²) in [5, 5.41) is 11.8.